The summed E-state index contributed by atoms with van der Waals surface area (Å²) >= 11 is 5.99. The molecule has 4 heteroatoms. The third kappa shape index (κ3) is 3.24. The van der Waals surface area contributed by atoms with Gasteiger partial charge in [-0.05, 0) is 37.0 Å². The lowest BCUT2D eigenvalue weighted by molar-refractivity contribution is 0.0576. The largest absolute Gasteiger partial charge is 0.381 e. The molecule has 1 heterocycles. The molecule has 1 aromatic rings. The van der Waals surface area contributed by atoms with E-state index < -0.39 is 0 Å². The van der Waals surface area contributed by atoms with Crippen molar-refractivity contribution in [2.45, 2.75) is 12.8 Å². The van der Waals surface area contributed by atoms with Crippen LogP contribution < -0.4 is 4.90 Å². The molecule has 1 fully saturated rings. The number of carbonyl (C=O) groups excluding carboxylic acids is 1. The Balaban J connectivity index is 2.09. The number of rotatable bonds is 4. The summed E-state index contributed by atoms with van der Waals surface area (Å²) in [5.74, 6) is 0.530. The molecule has 1 atom stereocenters. The number of halogens is 1. The van der Waals surface area contributed by atoms with E-state index in [2.05, 4.69) is 4.90 Å². The van der Waals surface area contributed by atoms with E-state index in [0.717, 1.165) is 38.2 Å². The highest BCUT2D eigenvalue weighted by atomic mass is 35.5. The predicted molar refractivity (Wildman–Crippen MR) is 73.7 cm³/mol. The van der Waals surface area contributed by atoms with E-state index in [1.165, 1.54) is 6.42 Å². The van der Waals surface area contributed by atoms with E-state index >= 15 is 0 Å². The Hall–Kier alpha value is -1.06. The fraction of sp³-hybridized carbons (Fsp3) is 0.500. The molecule has 1 unspecified atom stereocenters. The summed E-state index contributed by atoms with van der Waals surface area (Å²) in [6, 6.07) is 5.35. The van der Waals surface area contributed by atoms with Crippen molar-refractivity contribution in [3.05, 3.63) is 28.8 Å². The van der Waals surface area contributed by atoms with Gasteiger partial charge in [0.1, 0.15) is 0 Å². The molecule has 1 aliphatic heterocycles. The number of nitrogens with zero attached hydrogens (tertiary/aromatic N) is 1. The van der Waals surface area contributed by atoms with Gasteiger partial charge in [0.15, 0.2) is 6.29 Å². The first-order chi connectivity index (χ1) is 8.70. The zero-order valence-electron chi connectivity index (χ0n) is 10.6. The van der Waals surface area contributed by atoms with Crippen molar-refractivity contribution in [1.29, 1.82) is 0 Å². The Morgan fingerprint density at radius 3 is 3.06 bits per heavy atom. The lowest BCUT2D eigenvalue weighted by atomic mass is 10.0. The van der Waals surface area contributed by atoms with Gasteiger partial charge in [-0.1, -0.05) is 11.6 Å². The van der Waals surface area contributed by atoms with Gasteiger partial charge in [0.2, 0.25) is 0 Å². The highest BCUT2D eigenvalue weighted by molar-refractivity contribution is 6.31. The quantitative estimate of drug-likeness (QED) is 0.786. The molecule has 0 aliphatic carbocycles. The van der Waals surface area contributed by atoms with Gasteiger partial charge >= 0.3 is 0 Å². The van der Waals surface area contributed by atoms with Crippen LogP contribution in [0.25, 0.3) is 0 Å². The number of ether oxygens (including phenoxy) is 1. The molecular weight excluding hydrogens is 250 g/mol. The van der Waals surface area contributed by atoms with E-state index in [-0.39, 0.29) is 0 Å². The van der Waals surface area contributed by atoms with Crippen molar-refractivity contribution in [1.82, 2.24) is 0 Å². The lowest BCUT2D eigenvalue weighted by Gasteiger charge is -2.29. The summed E-state index contributed by atoms with van der Waals surface area (Å²) in [4.78, 5) is 13.1. The molecule has 98 valence electrons. The van der Waals surface area contributed by atoms with Gasteiger partial charge in [-0.15, -0.1) is 0 Å². The summed E-state index contributed by atoms with van der Waals surface area (Å²) in [5, 5.41) is 0.655. The maximum absolute atomic E-state index is 11.0. The standard InChI is InChI=1S/C14H18ClNO2/c1-16(8-11-3-2-6-18-10-11)14-7-13(15)5-4-12(14)9-17/h4-5,7,9,11H,2-3,6,8,10H2,1H3. The zero-order chi connectivity index (χ0) is 13.0. The number of hydrogen-bond donors (Lipinski definition) is 0. The minimum Gasteiger partial charge on any atom is -0.381 e. The molecule has 0 bridgehead atoms. The van der Waals surface area contributed by atoms with Crippen LogP contribution in [-0.4, -0.2) is 33.1 Å². The SMILES string of the molecule is CN(CC1CCCOC1)c1cc(Cl)ccc1C=O. The molecule has 0 saturated carbocycles. The van der Waals surface area contributed by atoms with Gasteiger partial charge in [-0.3, -0.25) is 4.79 Å². The maximum atomic E-state index is 11.0. The zero-order valence-corrected chi connectivity index (χ0v) is 11.3. The molecule has 3 nitrogen and oxygen atoms in total. The van der Waals surface area contributed by atoms with Crippen molar-refractivity contribution in [3.63, 3.8) is 0 Å². The Morgan fingerprint density at radius 1 is 1.56 bits per heavy atom. The van der Waals surface area contributed by atoms with Crippen molar-refractivity contribution in [2.24, 2.45) is 5.92 Å². The van der Waals surface area contributed by atoms with E-state index in [1.807, 2.05) is 13.1 Å². The van der Waals surface area contributed by atoms with E-state index in [4.69, 9.17) is 16.3 Å². The molecular formula is C14H18ClNO2. The van der Waals surface area contributed by atoms with Crippen molar-refractivity contribution in [3.8, 4) is 0 Å². The Morgan fingerprint density at radius 2 is 2.39 bits per heavy atom. The molecule has 0 amide bonds. The molecule has 0 aromatic heterocycles. The van der Waals surface area contributed by atoms with Crippen molar-refractivity contribution >= 4 is 23.6 Å². The maximum Gasteiger partial charge on any atom is 0.152 e. The van der Waals surface area contributed by atoms with E-state index in [9.17, 15) is 4.79 Å². The number of benzene rings is 1. The molecule has 1 aliphatic rings. The fourth-order valence-electron chi connectivity index (χ4n) is 2.38. The number of carbonyl (C=O) groups is 1. The monoisotopic (exact) mass is 267 g/mol. The van der Waals surface area contributed by atoms with Crippen LogP contribution in [0.4, 0.5) is 5.69 Å². The van der Waals surface area contributed by atoms with Crippen LogP contribution in [0, 0.1) is 5.92 Å². The first-order valence-electron chi connectivity index (χ1n) is 6.24. The molecule has 0 radical (unpaired) electrons. The highest BCUT2D eigenvalue weighted by Gasteiger charge is 2.17. The second-order valence-corrected chi connectivity index (χ2v) is 5.22. The van der Waals surface area contributed by atoms with Crippen LogP contribution >= 0.6 is 11.6 Å². The van der Waals surface area contributed by atoms with Crippen molar-refractivity contribution in [2.75, 3.05) is 31.7 Å². The van der Waals surface area contributed by atoms with Crippen LogP contribution in [0.5, 0.6) is 0 Å². The first-order valence-corrected chi connectivity index (χ1v) is 6.62. The summed E-state index contributed by atoms with van der Waals surface area (Å²) in [6.07, 6.45) is 3.18. The fourth-order valence-corrected chi connectivity index (χ4v) is 2.55. The molecule has 1 saturated heterocycles. The van der Waals surface area contributed by atoms with Gasteiger partial charge in [-0.2, -0.15) is 0 Å². The predicted octanol–water partition coefficient (Wildman–Crippen LogP) is 3.02. The minimum absolute atomic E-state index is 0.530. The topological polar surface area (TPSA) is 29.5 Å². The molecule has 1 aromatic carbocycles. The van der Waals surface area contributed by atoms with E-state index in [0.29, 0.717) is 16.5 Å². The number of hydrogen-bond acceptors (Lipinski definition) is 3. The van der Waals surface area contributed by atoms with Gasteiger partial charge in [0.25, 0.3) is 0 Å². The average molecular weight is 268 g/mol. The lowest BCUT2D eigenvalue weighted by Crippen LogP contribution is -2.31. The Kier molecular flexibility index (Phi) is 4.61. The number of anilines is 1. The summed E-state index contributed by atoms with van der Waals surface area (Å²) in [7, 11) is 1.99. The first kappa shape index (κ1) is 13.4. The smallest absolute Gasteiger partial charge is 0.152 e. The Bertz CT molecular complexity index is 416. The molecule has 2 rings (SSSR count). The van der Waals surface area contributed by atoms with Gasteiger partial charge in [0, 0.05) is 36.5 Å². The average Bonchev–Trinajstić information content (AvgIpc) is 2.40. The van der Waals surface area contributed by atoms with Crippen LogP contribution in [0.1, 0.15) is 23.2 Å². The summed E-state index contributed by atoms with van der Waals surface area (Å²) < 4.78 is 5.48. The van der Waals surface area contributed by atoms with Crippen LogP contribution in [0.3, 0.4) is 0 Å². The normalized spacial score (nSPS) is 19.6. The number of aldehydes is 1. The Labute approximate surface area is 113 Å². The van der Waals surface area contributed by atoms with Crippen LogP contribution in [0.2, 0.25) is 5.02 Å². The molecule has 0 N–H and O–H groups in total. The van der Waals surface area contributed by atoms with Crippen LogP contribution in [-0.2, 0) is 4.74 Å². The molecule has 0 spiro atoms. The molecule has 18 heavy (non-hydrogen) atoms. The van der Waals surface area contributed by atoms with Gasteiger partial charge in [-0.25, -0.2) is 0 Å². The van der Waals surface area contributed by atoms with E-state index in [1.54, 1.807) is 12.1 Å². The minimum atomic E-state index is 0.530. The summed E-state index contributed by atoms with van der Waals surface area (Å²) in [5.41, 5.74) is 1.57. The second-order valence-electron chi connectivity index (χ2n) is 4.78. The van der Waals surface area contributed by atoms with Crippen LogP contribution in [0.15, 0.2) is 18.2 Å². The highest BCUT2D eigenvalue weighted by Crippen LogP contribution is 2.25. The summed E-state index contributed by atoms with van der Waals surface area (Å²) in [6.45, 7) is 2.57. The van der Waals surface area contributed by atoms with Gasteiger partial charge in [0.05, 0.1) is 6.61 Å². The third-order valence-electron chi connectivity index (χ3n) is 3.32. The van der Waals surface area contributed by atoms with Crippen molar-refractivity contribution < 1.29 is 9.53 Å². The second kappa shape index (κ2) is 6.21. The van der Waals surface area contributed by atoms with Gasteiger partial charge < -0.3 is 9.64 Å². The third-order valence-corrected chi connectivity index (χ3v) is 3.55.